The third-order valence-corrected chi connectivity index (χ3v) is 3.02. The predicted octanol–water partition coefficient (Wildman–Crippen LogP) is -0.138. The van der Waals surface area contributed by atoms with Crippen LogP contribution in [0.5, 0.6) is 0 Å². The highest BCUT2D eigenvalue weighted by Gasteiger charge is 2.44. The largest absolute Gasteiger partial charge is 0.391 e. The summed E-state index contributed by atoms with van der Waals surface area (Å²) in [5, 5.41) is 24.4. The quantitative estimate of drug-likeness (QED) is 0.427. The van der Waals surface area contributed by atoms with Crippen LogP contribution in [-0.4, -0.2) is 65.7 Å². The van der Waals surface area contributed by atoms with Gasteiger partial charge in [-0.1, -0.05) is 0 Å². The second-order valence-electron chi connectivity index (χ2n) is 4.37. The topological polar surface area (TPSA) is 73.8 Å². The van der Waals surface area contributed by atoms with Crippen molar-refractivity contribution in [3.05, 3.63) is 0 Å². The number of aliphatic hydroxyl groups is 2. The summed E-state index contributed by atoms with van der Waals surface area (Å²) in [4.78, 5) is 0. The molecular weight excluding hydrogens is 304 g/mol. The fourth-order valence-corrected chi connectivity index (χ4v) is 2.05. The van der Waals surface area contributed by atoms with Crippen molar-refractivity contribution in [1.29, 1.82) is 0 Å². The smallest absolute Gasteiger partial charge is 0.388 e. The van der Waals surface area contributed by atoms with Gasteiger partial charge in [0, 0.05) is 6.54 Å². The van der Waals surface area contributed by atoms with Crippen molar-refractivity contribution in [3.8, 4) is 0 Å². The number of hydrogen-bond acceptors (Lipinski definition) is 4. The number of thiocarbonyl (C=S) groups is 1. The third-order valence-electron chi connectivity index (χ3n) is 2.76. The highest BCUT2D eigenvalue weighted by molar-refractivity contribution is 7.80. The molecule has 0 aromatic heterocycles. The summed E-state index contributed by atoms with van der Waals surface area (Å²) in [6.07, 6.45) is -10.5. The summed E-state index contributed by atoms with van der Waals surface area (Å²) < 4.78 is 53.5. The van der Waals surface area contributed by atoms with Gasteiger partial charge in [0.25, 0.3) is 0 Å². The van der Waals surface area contributed by atoms with Crippen LogP contribution in [0.1, 0.15) is 6.42 Å². The number of nitrogens with one attached hydrogen (secondary N) is 2. The summed E-state index contributed by atoms with van der Waals surface area (Å²) >= 11 is 4.79. The van der Waals surface area contributed by atoms with Crippen molar-refractivity contribution in [3.63, 3.8) is 0 Å². The van der Waals surface area contributed by atoms with Crippen molar-refractivity contribution < 1.29 is 32.5 Å². The SMILES string of the molecule is OC1C(NC(=S)NCCF)COC(CC(F)(F)F)C1O. The maximum absolute atomic E-state index is 12.2. The Balaban J connectivity index is 2.50. The predicted molar refractivity (Wildman–Crippen MR) is 65.9 cm³/mol. The normalized spacial score (nSPS) is 30.9. The number of ether oxygens (including phenoxy) is 1. The minimum Gasteiger partial charge on any atom is -0.388 e. The van der Waals surface area contributed by atoms with E-state index in [0.29, 0.717) is 0 Å². The zero-order valence-corrected chi connectivity index (χ0v) is 11.2. The molecule has 1 rings (SSSR count). The van der Waals surface area contributed by atoms with E-state index >= 15 is 0 Å². The van der Waals surface area contributed by atoms with Crippen molar-refractivity contribution in [2.75, 3.05) is 19.8 Å². The van der Waals surface area contributed by atoms with E-state index in [0.717, 1.165) is 0 Å². The number of hydrogen-bond donors (Lipinski definition) is 4. The average Bonchev–Trinajstić information content (AvgIpc) is 2.34. The summed E-state index contributed by atoms with van der Waals surface area (Å²) in [6.45, 7) is -0.938. The summed E-state index contributed by atoms with van der Waals surface area (Å²) in [7, 11) is 0. The minimum atomic E-state index is -4.50. The first kappa shape index (κ1) is 17.3. The van der Waals surface area contributed by atoms with Crippen LogP contribution >= 0.6 is 12.2 Å². The molecule has 0 aromatic carbocycles. The standard InChI is InChI=1S/C10H16F4N2O3S/c11-1-2-15-9(20)16-5-4-19-6(3-10(12,13)14)8(18)7(5)17/h5-8,17-18H,1-4H2,(H2,15,16,20). The van der Waals surface area contributed by atoms with Gasteiger partial charge in [0.1, 0.15) is 18.9 Å². The lowest BCUT2D eigenvalue weighted by molar-refractivity contribution is -0.206. The molecule has 0 saturated carbocycles. The molecule has 0 radical (unpaired) electrons. The van der Waals surface area contributed by atoms with Gasteiger partial charge >= 0.3 is 6.18 Å². The molecule has 4 atom stereocenters. The summed E-state index contributed by atoms with van der Waals surface area (Å²) in [5.41, 5.74) is 0. The molecule has 0 amide bonds. The van der Waals surface area contributed by atoms with Crippen LogP contribution in [0.3, 0.4) is 0 Å². The fourth-order valence-electron chi connectivity index (χ4n) is 1.80. The van der Waals surface area contributed by atoms with Crippen molar-refractivity contribution >= 4 is 17.3 Å². The van der Waals surface area contributed by atoms with Crippen LogP contribution in [0.4, 0.5) is 17.6 Å². The van der Waals surface area contributed by atoms with E-state index in [-0.39, 0.29) is 18.3 Å². The second kappa shape index (κ2) is 7.34. The molecule has 1 aliphatic heterocycles. The maximum Gasteiger partial charge on any atom is 0.391 e. The Bertz CT molecular complexity index is 332. The lowest BCUT2D eigenvalue weighted by Gasteiger charge is -2.38. The molecule has 0 spiro atoms. The Kier molecular flexibility index (Phi) is 6.37. The van der Waals surface area contributed by atoms with Gasteiger partial charge in [0.2, 0.25) is 0 Å². The molecule has 1 heterocycles. The van der Waals surface area contributed by atoms with E-state index in [4.69, 9.17) is 17.0 Å². The summed E-state index contributed by atoms with van der Waals surface area (Å²) in [5.74, 6) is 0. The van der Waals surface area contributed by atoms with E-state index in [1.165, 1.54) is 0 Å². The minimum absolute atomic E-state index is 0.0248. The molecule has 4 unspecified atom stereocenters. The molecule has 20 heavy (non-hydrogen) atoms. The fraction of sp³-hybridized carbons (Fsp3) is 0.900. The van der Waals surface area contributed by atoms with Crippen molar-refractivity contribution in [2.45, 2.75) is 37.0 Å². The number of alkyl halides is 4. The first-order valence-electron chi connectivity index (χ1n) is 5.89. The zero-order chi connectivity index (χ0) is 15.3. The molecular formula is C10H16F4N2O3S. The highest BCUT2D eigenvalue weighted by atomic mass is 32.1. The highest BCUT2D eigenvalue weighted by Crippen LogP contribution is 2.28. The Labute approximate surface area is 118 Å². The molecule has 4 N–H and O–H groups in total. The molecule has 118 valence electrons. The second-order valence-corrected chi connectivity index (χ2v) is 4.78. The van der Waals surface area contributed by atoms with E-state index in [2.05, 4.69) is 10.6 Å². The lowest BCUT2D eigenvalue weighted by Crippen LogP contribution is -2.61. The van der Waals surface area contributed by atoms with Gasteiger partial charge in [-0.2, -0.15) is 13.2 Å². The van der Waals surface area contributed by atoms with Gasteiger partial charge < -0.3 is 25.6 Å². The van der Waals surface area contributed by atoms with Crippen LogP contribution in [-0.2, 0) is 4.74 Å². The van der Waals surface area contributed by atoms with Gasteiger partial charge in [-0.05, 0) is 12.2 Å². The lowest BCUT2D eigenvalue weighted by atomic mass is 9.96. The van der Waals surface area contributed by atoms with E-state index in [1.807, 2.05) is 0 Å². The molecule has 1 fully saturated rings. The van der Waals surface area contributed by atoms with Crippen molar-refractivity contribution in [2.24, 2.45) is 0 Å². The molecule has 10 heteroatoms. The van der Waals surface area contributed by atoms with Gasteiger partial charge in [0.05, 0.1) is 25.2 Å². The van der Waals surface area contributed by atoms with E-state index in [9.17, 15) is 27.8 Å². The van der Waals surface area contributed by atoms with Crippen LogP contribution in [0.25, 0.3) is 0 Å². The molecule has 1 saturated heterocycles. The van der Waals surface area contributed by atoms with Crippen LogP contribution in [0, 0.1) is 0 Å². The number of aliphatic hydroxyl groups excluding tert-OH is 2. The maximum atomic E-state index is 12.2. The Morgan fingerprint density at radius 1 is 1.30 bits per heavy atom. The third kappa shape index (κ3) is 5.35. The van der Waals surface area contributed by atoms with E-state index < -0.39 is 43.6 Å². The first-order valence-corrected chi connectivity index (χ1v) is 6.30. The molecule has 0 bridgehead atoms. The van der Waals surface area contributed by atoms with Crippen LogP contribution in [0.15, 0.2) is 0 Å². The van der Waals surface area contributed by atoms with Gasteiger partial charge in [-0.15, -0.1) is 0 Å². The number of halogens is 4. The Hall–Kier alpha value is -0.710. The van der Waals surface area contributed by atoms with Crippen LogP contribution < -0.4 is 10.6 Å². The van der Waals surface area contributed by atoms with Gasteiger partial charge in [0.15, 0.2) is 5.11 Å². The van der Waals surface area contributed by atoms with Crippen molar-refractivity contribution in [1.82, 2.24) is 10.6 Å². The molecule has 0 aliphatic carbocycles. The first-order chi connectivity index (χ1) is 9.24. The molecule has 0 aromatic rings. The van der Waals surface area contributed by atoms with Gasteiger partial charge in [-0.25, -0.2) is 4.39 Å². The summed E-state index contributed by atoms with van der Waals surface area (Å²) in [6, 6.07) is -0.867. The number of rotatable bonds is 4. The molecule has 1 aliphatic rings. The average molecular weight is 320 g/mol. The Morgan fingerprint density at radius 3 is 2.50 bits per heavy atom. The zero-order valence-electron chi connectivity index (χ0n) is 10.4. The monoisotopic (exact) mass is 320 g/mol. The van der Waals surface area contributed by atoms with Gasteiger partial charge in [-0.3, -0.25) is 0 Å². The Morgan fingerprint density at radius 2 is 1.95 bits per heavy atom. The van der Waals surface area contributed by atoms with E-state index in [1.54, 1.807) is 0 Å². The van der Waals surface area contributed by atoms with Crippen LogP contribution in [0.2, 0.25) is 0 Å². The molecule has 5 nitrogen and oxygen atoms in total.